The Bertz CT molecular complexity index is 989. The number of carbonyl (C=O) groups is 1. The van der Waals surface area contributed by atoms with Crippen molar-refractivity contribution < 1.29 is 94.5 Å². The van der Waals surface area contributed by atoms with Gasteiger partial charge in [-0.25, -0.2) is 0 Å². The van der Waals surface area contributed by atoms with E-state index >= 15 is 0 Å². The van der Waals surface area contributed by atoms with Crippen molar-refractivity contribution >= 4 is 5.91 Å². The number of nitrogens with one attached hydrogen (secondary N) is 1. The SMILES string of the molecule is CC(=O)N[C@H]1[C@H](OCC(O)C(O)=CC(O)CO)O[C@H](CO)[C@@H](O[C@@H]2O[C@H](CO)[C@H](O)[C@H](O)[C@H]2O)[C@@H]1O[C@@H]1O[C@@H](C)[C@@H](O)[C@@H](O)[C@@H]1O. The topological polar surface area (TPSA) is 327 Å². The lowest BCUT2D eigenvalue weighted by molar-refractivity contribution is -0.373. The fourth-order valence-corrected chi connectivity index (χ4v) is 5.15. The first-order valence-electron chi connectivity index (χ1n) is 14.5. The van der Waals surface area contributed by atoms with Gasteiger partial charge in [-0.15, -0.1) is 0 Å². The molecule has 2 unspecified atom stereocenters. The number of rotatable bonds is 13. The molecule has 0 radical (unpaired) electrons. The highest BCUT2D eigenvalue weighted by Crippen LogP contribution is 2.34. The van der Waals surface area contributed by atoms with E-state index in [1.165, 1.54) is 6.92 Å². The maximum atomic E-state index is 12.3. The Hall–Kier alpha value is -1.67. The van der Waals surface area contributed by atoms with E-state index in [1.54, 1.807) is 0 Å². The molecule has 3 rings (SSSR count). The van der Waals surface area contributed by atoms with Crippen molar-refractivity contribution in [2.45, 2.75) is 118 Å². The number of hydrogen-bond acceptors (Lipinski definition) is 19. The Morgan fingerprint density at radius 3 is 1.89 bits per heavy atom. The maximum Gasteiger partial charge on any atom is 0.217 e. The minimum absolute atomic E-state index is 0.715. The zero-order chi connectivity index (χ0) is 34.5. The van der Waals surface area contributed by atoms with E-state index in [4.69, 9.17) is 33.5 Å². The van der Waals surface area contributed by atoms with Crippen LogP contribution in [0.4, 0.5) is 0 Å². The first-order chi connectivity index (χ1) is 21.6. The third-order valence-electron chi connectivity index (χ3n) is 7.75. The predicted molar refractivity (Wildman–Crippen MR) is 145 cm³/mol. The van der Waals surface area contributed by atoms with Gasteiger partial charge in [0.2, 0.25) is 5.91 Å². The summed E-state index contributed by atoms with van der Waals surface area (Å²) in [4.78, 5) is 12.3. The molecule has 0 aromatic carbocycles. The molecule has 13 N–H and O–H groups in total. The zero-order valence-corrected chi connectivity index (χ0v) is 24.9. The summed E-state index contributed by atoms with van der Waals surface area (Å²) in [5.41, 5.74) is 0. The molecule has 1 amide bonds. The lowest BCUT2D eigenvalue weighted by Crippen LogP contribution is -2.69. The number of amides is 1. The molecule has 3 aliphatic heterocycles. The first-order valence-corrected chi connectivity index (χ1v) is 14.5. The van der Waals surface area contributed by atoms with E-state index < -0.39 is 142 Å². The van der Waals surface area contributed by atoms with Crippen molar-refractivity contribution in [1.29, 1.82) is 0 Å². The van der Waals surface area contributed by atoms with Gasteiger partial charge in [-0.1, -0.05) is 0 Å². The van der Waals surface area contributed by atoms with Gasteiger partial charge in [-0.3, -0.25) is 4.79 Å². The summed E-state index contributed by atoms with van der Waals surface area (Å²) in [5.74, 6) is -1.50. The van der Waals surface area contributed by atoms with Gasteiger partial charge in [0.05, 0.1) is 38.6 Å². The summed E-state index contributed by atoms with van der Waals surface area (Å²) in [7, 11) is 0. The Morgan fingerprint density at radius 1 is 0.783 bits per heavy atom. The van der Waals surface area contributed by atoms with Gasteiger partial charge in [-0.2, -0.15) is 0 Å². The van der Waals surface area contributed by atoms with Crippen LogP contribution in [0.25, 0.3) is 0 Å². The van der Waals surface area contributed by atoms with Gasteiger partial charge in [-0.05, 0) is 13.0 Å². The van der Waals surface area contributed by atoms with Crippen LogP contribution in [-0.2, 0) is 33.2 Å². The Kier molecular flexibility index (Phi) is 14.4. The summed E-state index contributed by atoms with van der Waals surface area (Å²) >= 11 is 0. The van der Waals surface area contributed by atoms with Crippen molar-refractivity contribution in [3.63, 3.8) is 0 Å². The van der Waals surface area contributed by atoms with Gasteiger partial charge in [0.15, 0.2) is 18.9 Å². The highest BCUT2D eigenvalue weighted by atomic mass is 16.8. The lowest BCUT2D eigenvalue weighted by atomic mass is 9.94. The molecular formula is C26H45NO19. The molecule has 3 heterocycles. The summed E-state index contributed by atoms with van der Waals surface area (Å²) < 4.78 is 34.2. The van der Waals surface area contributed by atoms with Crippen molar-refractivity contribution in [3.8, 4) is 0 Å². The highest BCUT2D eigenvalue weighted by molar-refractivity contribution is 5.73. The number of ether oxygens (including phenoxy) is 6. The minimum Gasteiger partial charge on any atom is -0.510 e. The number of hydrogen-bond donors (Lipinski definition) is 13. The highest BCUT2D eigenvalue weighted by Gasteiger charge is 2.54. The summed E-state index contributed by atoms with van der Waals surface area (Å²) in [6.45, 7) is -0.747. The van der Waals surface area contributed by atoms with E-state index in [0.29, 0.717) is 0 Å². The molecule has 20 heteroatoms. The fourth-order valence-electron chi connectivity index (χ4n) is 5.15. The molecule has 46 heavy (non-hydrogen) atoms. The van der Waals surface area contributed by atoms with Crippen LogP contribution < -0.4 is 5.32 Å². The number of carbonyl (C=O) groups excluding carboxylic acids is 1. The van der Waals surface area contributed by atoms with Crippen LogP contribution in [0.5, 0.6) is 0 Å². The molecule has 3 fully saturated rings. The first kappa shape index (κ1) is 38.8. The molecule has 3 aliphatic rings. The predicted octanol–water partition coefficient (Wildman–Crippen LogP) is -7.22. The summed E-state index contributed by atoms with van der Waals surface area (Å²) in [6, 6.07) is -1.49. The second kappa shape index (κ2) is 17.1. The molecule has 0 bridgehead atoms. The van der Waals surface area contributed by atoms with Crippen molar-refractivity contribution in [2.75, 3.05) is 26.4 Å². The Morgan fingerprint density at radius 2 is 1.33 bits per heavy atom. The zero-order valence-electron chi connectivity index (χ0n) is 24.9. The van der Waals surface area contributed by atoms with E-state index in [0.717, 1.165) is 13.0 Å². The third-order valence-corrected chi connectivity index (χ3v) is 7.75. The number of aliphatic hydroxyl groups excluding tert-OH is 12. The minimum atomic E-state index is -1.93. The van der Waals surface area contributed by atoms with Gasteiger partial charge >= 0.3 is 0 Å². The number of aliphatic hydroxyl groups is 12. The van der Waals surface area contributed by atoms with Crippen molar-refractivity contribution in [1.82, 2.24) is 5.32 Å². The lowest BCUT2D eigenvalue weighted by Gasteiger charge is -2.50. The van der Waals surface area contributed by atoms with Crippen LogP contribution in [0.1, 0.15) is 13.8 Å². The van der Waals surface area contributed by atoms with E-state index in [2.05, 4.69) is 5.32 Å². The third kappa shape index (κ3) is 9.06. The van der Waals surface area contributed by atoms with Crippen molar-refractivity contribution in [2.24, 2.45) is 0 Å². The fraction of sp³-hybridized carbons (Fsp3) is 0.885. The van der Waals surface area contributed by atoms with Crippen LogP contribution in [0.2, 0.25) is 0 Å². The monoisotopic (exact) mass is 675 g/mol. The van der Waals surface area contributed by atoms with Crippen LogP contribution in [-0.4, -0.2) is 198 Å². The summed E-state index contributed by atoms with van der Waals surface area (Å²) in [6.07, 6.45) is -25.7. The van der Waals surface area contributed by atoms with Crippen LogP contribution in [0.15, 0.2) is 11.8 Å². The van der Waals surface area contributed by atoms with Crippen LogP contribution in [0.3, 0.4) is 0 Å². The van der Waals surface area contributed by atoms with Gasteiger partial charge in [0.25, 0.3) is 0 Å². The normalized spacial score (nSPS) is 43.6. The van der Waals surface area contributed by atoms with Crippen LogP contribution in [0, 0.1) is 0 Å². The molecule has 0 spiro atoms. The van der Waals surface area contributed by atoms with Crippen LogP contribution >= 0.6 is 0 Å². The summed E-state index contributed by atoms with van der Waals surface area (Å²) in [5, 5.41) is 123. The van der Waals surface area contributed by atoms with Gasteiger partial charge < -0.3 is 95.0 Å². The average Bonchev–Trinajstić information content (AvgIpc) is 3.02. The second-order valence-corrected chi connectivity index (χ2v) is 11.2. The Balaban J connectivity index is 1.98. The smallest absolute Gasteiger partial charge is 0.217 e. The molecule has 0 aromatic rings. The molecule has 17 atom stereocenters. The molecule has 3 saturated heterocycles. The largest absolute Gasteiger partial charge is 0.510 e. The molecular weight excluding hydrogens is 630 g/mol. The van der Waals surface area contributed by atoms with E-state index in [-0.39, 0.29) is 0 Å². The molecule has 20 nitrogen and oxygen atoms in total. The average molecular weight is 676 g/mol. The molecule has 0 saturated carbocycles. The van der Waals surface area contributed by atoms with Crippen molar-refractivity contribution in [3.05, 3.63) is 11.8 Å². The van der Waals surface area contributed by atoms with Gasteiger partial charge in [0.1, 0.15) is 78.9 Å². The van der Waals surface area contributed by atoms with E-state index in [1.807, 2.05) is 0 Å². The quantitative estimate of drug-likeness (QED) is 0.0806. The standard InChI is InChI=1S/C26H45NO19/c1-8-16(35)18(37)20(39)25(42-8)46-23-15(27-9(2)31)24(41-7-12(34)11(33)3-10(32)4-28)44-14(6-30)22(23)45-26-21(40)19(38)17(36)13(5-29)43-26/h3,8,10,12-26,28-30,32-40H,4-7H2,1-2H3,(H,27,31)/t8-,10?,12?,13+,14+,15+,16+,17-,18+,19-,20-,21+,22+,23+,24+,25-,26-/m0/s1. The maximum absolute atomic E-state index is 12.3. The van der Waals surface area contributed by atoms with E-state index in [9.17, 15) is 61.0 Å². The molecule has 0 aromatic heterocycles. The Labute approximate surface area is 262 Å². The molecule has 268 valence electrons. The van der Waals surface area contributed by atoms with Gasteiger partial charge in [0, 0.05) is 6.92 Å². The second-order valence-electron chi connectivity index (χ2n) is 11.2. The molecule has 0 aliphatic carbocycles.